The summed E-state index contributed by atoms with van der Waals surface area (Å²) in [7, 11) is 2.11. The molecule has 2 N–H and O–H groups in total. The number of carboxylic acid groups (broad SMARTS) is 2. The molecule has 0 saturated heterocycles. The normalized spacial score (nSPS) is 15.3. The Balaban J connectivity index is 0.000000232. The number of hydrogen-bond acceptors (Lipinski definition) is 5. The molecule has 18 heavy (non-hydrogen) atoms. The first kappa shape index (κ1) is 13.9. The van der Waals surface area contributed by atoms with E-state index in [2.05, 4.69) is 23.2 Å². The van der Waals surface area contributed by atoms with Gasteiger partial charge in [0.2, 0.25) is 0 Å². The van der Waals surface area contributed by atoms with E-state index in [1.807, 2.05) is 6.07 Å². The first-order valence-electron chi connectivity index (χ1n) is 5.25. The average Bonchev–Trinajstić information content (AvgIpc) is 2.83. The van der Waals surface area contributed by atoms with Crippen molar-refractivity contribution >= 4 is 17.5 Å². The van der Waals surface area contributed by atoms with Gasteiger partial charge in [-0.3, -0.25) is 0 Å². The molecule has 2 heterocycles. The van der Waals surface area contributed by atoms with E-state index >= 15 is 0 Å². The maximum Gasteiger partial charge on any atom is 0.414 e. The average molecular weight is 254 g/mol. The van der Waals surface area contributed by atoms with Crippen molar-refractivity contribution in [1.29, 1.82) is 0 Å². The van der Waals surface area contributed by atoms with Crippen LogP contribution in [0.1, 0.15) is 12.2 Å². The van der Waals surface area contributed by atoms with Crippen LogP contribution in [0.3, 0.4) is 0 Å². The molecular weight excluding hydrogens is 240 g/mol. The molecule has 1 aromatic rings. The first-order chi connectivity index (χ1) is 8.50. The van der Waals surface area contributed by atoms with E-state index in [1.54, 1.807) is 6.20 Å². The van der Waals surface area contributed by atoms with Gasteiger partial charge in [-0.15, -0.1) is 0 Å². The van der Waals surface area contributed by atoms with E-state index in [1.165, 1.54) is 5.57 Å². The van der Waals surface area contributed by atoms with Crippen LogP contribution in [0.2, 0.25) is 0 Å². The molecule has 0 spiro atoms. The highest BCUT2D eigenvalue weighted by Gasteiger charge is 2.12. The summed E-state index contributed by atoms with van der Waals surface area (Å²) < 4.78 is 5.08. The van der Waals surface area contributed by atoms with Gasteiger partial charge in [0.05, 0.1) is 6.20 Å². The Hall–Kier alpha value is -2.15. The van der Waals surface area contributed by atoms with Gasteiger partial charge in [-0.1, -0.05) is 11.2 Å². The minimum absolute atomic E-state index is 0.904. The third-order valence-electron chi connectivity index (χ3n) is 2.28. The van der Waals surface area contributed by atoms with Crippen molar-refractivity contribution < 1.29 is 24.3 Å². The number of rotatable bonds is 1. The summed E-state index contributed by atoms with van der Waals surface area (Å²) in [6.07, 6.45) is 5.01. The molecule has 1 aromatic heterocycles. The molecule has 0 saturated carbocycles. The van der Waals surface area contributed by atoms with Crippen LogP contribution in [0.5, 0.6) is 0 Å². The van der Waals surface area contributed by atoms with E-state index in [0.29, 0.717) is 0 Å². The summed E-state index contributed by atoms with van der Waals surface area (Å²) in [6.45, 7) is 2.10. The second kappa shape index (κ2) is 6.55. The monoisotopic (exact) mass is 254 g/mol. The standard InChI is InChI=1S/C9H12N2O.C2H2O4/c1-11-6-2-3-8(7-11)9-4-5-10-12-9;3-1(4)2(5)6/h3-5H,2,6-7H2,1H3;(H,3,4)(H,5,6). The zero-order valence-electron chi connectivity index (χ0n) is 9.87. The largest absolute Gasteiger partial charge is 0.473 e. The van der Waals surface area contributed by atoms with E-state index in [9.17, 15) is 0 Å². The van der Waals surface area contributed by atoms with Crippen molar-refractivity contribution in [3.63, 3.8) is 0 Å². The van der Waals surface area contributed by atoms with E-state index in [0.717, 1.165) is 25.3 Å². The Bertz CT molecular complexity index is 426. The topological polar surface area (TPSA) is 104 Å². The Labute approximate surface area is 103 Å². The van der Waals surface area contributed by atoms with Crippen molar-refractivity contribution in [2.75, 3.05) is 20.1 Å². The second-order valence-corrected chi connectivity index (χ2v) is 3.74. The Morgan fingerprint density at radius 1 is 1.39 bits per heavy atom. The highest BCUT2D eigenvalue weighted by atomic mass is 16.5. The number of aliphatic carboxylic acids is 2. The van der Waals surface area contributed by atoms with Crippen LogP contribution in [0.25, 0.3) is 5.57 Å². The van der Waals surface area contributed by atoms with Gasteiger partial charge in [0.25, 0.3) is 0 Å². The van der Waals surface area contributed by atoms with Gasteiger partial charge in [0, 0.05) is 24.7 Å². The predicted octanol–water partition coefficient (Wildman–Crippen LogP) is 0.549. The zero-order chi connectivity index (χ0) is 13.5. The van der Waals surface area contributed by atoms with Gasteiger partial charge in [0.1, 0.15) is 0 Å². The van der Waals surface area contributed by atoms with Crippen LogP contribution < -0.4 is 0 Å². The fourth-order valence-electron chi connectivity index (χ4n) is 1.45. The minimum atomic E-state index is -1.82. The van der Waals surface area contributed by atoms with Crippen molar-refractivity contribution in [1.82, 2.24) is 10.1 Å². The van der Waals surface area contributed by atoms with Crippen LogP contribution in [0, 0.1) is 0 Å². The Kier molecular flexibility index (Phi) is 5.06. The lowest BCUT2D eigenvalue weighted by Gasteiger charge is -2.21. The summed E-state index contributed by atoms with van der Waals surface area (Å²) in [5.41, 5.74) is 1.25. The van der Waals surface area contributed by atoms with Crippen molar-refractivity contribution in [2.24, 2.45) is 0 Å². The predicted molar refractivity (Wildman–Crippen MR) is 61.9 cm³/mol. The fourth-order valence-corrected chi connectivity index (χ4v) is 1.45. The van der Waals surface area contributed by atoms with Crippen molar-refractivity contribution in [3.05, 3.63) is 24.1 Å². The molecule has 0 radical (unpaired) electrons. The van der Waals surface area contributed by atoms with Crippen LogP contribution in [-0.2, 0) is 9.59 Å². The lowest BCUT2D eigenvalue weighted by atomic mass is 10.1. The van der Waals surface area contributed by atoms with Gasteiger partial charge < -0.3 is 19.6 Å². The Morgan fingerprint density at radius 3 is 2.50 bits per heavy atom. The quantitative estimate of drug-likeness (QED) is 0.705. The van der Waals surface area contributed by atoms with Crippen molar-refractivity contribution in [2.45, 2.75) is 6.42 Å². The SMILES string of the molecule is CN1CCC=C(c2ccno2)C1.O=C(O)C(=O)O. The lowest BCUT2D eigenvalue weighted by Crippen LogP contribution is -2.24. The summed E-state index contributed by atoms with van der Waals surface area (Å²) in [5, 5.41) is 18.5. The molecule has 7 heteroatoms. The van der Waals surface area contributed by atoms with Gasteiger partial charge >= 0.3 is 11.9 Å². The number of likely N-dealkylation sites (N-methyl/N-ethyl adjacent to an activating group) is 1. The smallest absolute Gasteiger partial charge is 0.414 e. The zero-order valence-corrected chi connectivity index (χ0v) is 9.87. The molecule has 0 atom stereocenters. The molecule has 1 aliphatic heterocycles. The van der Waals surface area contributed by atoms with E-state index in [4.69, 9.17) is 24.3 Å². The second-order valence-electron chi connectivity index (χ2n) is 3.74. The number of hydrogen-bond donors (Lipinski definition) is 2. The highest BCUT2D eigenvalue weighted by molar-refractivity contribution is 6.27. The molecule has 0 bridgehead atoms. The number of nitrogens with zero attached hydrogens (tertiary/aromatic N) is 2. The van der Waals surface area contributed by atoms with Gasteiger partial charge in [0.15, 0.2) is 5.76 Å². The van der Waals surface area contributed by atoms with Gasteiger partial charge in [-0.25, -0.2) is 9.59 Å². The Morgan fingerprint density at radius 2 is 2.06 bits per heavy atom. The van der Waals surface area contributed by atoms with E-state index in [-0.39, 0.29) is 0 Å². The third-order valence-corrected chi connectivity index (χ3v) is 2.28. The summed E-state index contributed by atoms with van der Waals surface area (Å²) in [4.78, 5) is 20.5. The van der Waals surface area contributed by atoms with Crippen LogP contribution in [0.4, 0.5) is 0 Å². The molecule has 0 amide bonds. The highest BCUT2D eigenvalue weighted by Crippen LogP contribution is 2.18. The molecule has 0 fully saturated rings. The summed E-state index contributed by atoms with van der Waals surface area (Å²) in [6, 6.07) is 1.91. The molecular formula is C11H14N2O5. The molecule has 0 unspecified atom stereocenters. The van der Waals surface area contributed by atoms with Gasteiger partial charge in [-0.2, -0.15) is 0 Å². The fraction of sp³-hybridized carbons (Fsp3) is 0.364. The third kappa shape index (κ3) is 4.38. The molecule has 0 aliphatic carbocycles. The molecule has 1 aliphatic rings. The summed E-state index contributed by atoms with van der Waals surface area (Å²) in [5.74, 6) is -2.74. The molecule has 2 rings (SSSR count). The number of aromatic nitrogens is 1. The lowest BCUT2D eigenvalue weighted by molar-refractivity contribution is -0.159. The molecule has 7 nitrogen and oxygen atoms in total. The number of carboxylic acids is 2. The van der Waals surface area contributed by atoms with Gasteiger partial charge in [-0.05, 0) is 13.5 Å². The van der Waals surface area contributed by atoms with Crippen LogP contribution in [0.15, 0.2) is 22.9 Å². The van der Waals surface area contributed by atoms with Crippen LogP contribution >= 0.6 is 0 Å². The maximum absolute atomic E-state index is 9.10. The molecule has 0 aromatic carbocycles. The van der Waals surface area contributed by atoms with E-state index < -0.39 is 11.9 Å². The minimum Gasteiger partial charge on any atom is -0.473 e. The number of carbonyl (C=O) groups is 2. The maximum atomic E-state index is 9.10. The molecule has 98 valence electrons. The first-order valence-corrected chi connectivity index (χ1v) is 5.25. The van der Waals surface area contributed by atoms with Crippen LogP contribution in [-0.4, -0.2) is 52.3 Å². The van der Waals surface area contributed by atoms with Crippen molar-refractivity contribution in [3.8, 4) is 0 Å². The summed E-state index contributed by atoms with van der Waals surface area (Å²) >= 11 is 0.